The highest BCUT2D eigenvalue weighted by molar-refractivity contribution is 5.99. The molecule has 3 heteroatoms. The van der Waals surface area contributed by atoms with Crippen LogP contribution in [-0.4, -0.2) is 18.4 Å². The average Bonchev–Trinajstić information content (AvgIpc) is 2.32. The van der Waals surface area contributed by atoms with Gasteiger partial charge in [-0.25, -0.2) is 0 Å². The Morgan fingerprint density at radius 3 is 2.72 bits per heavy atom. The lowest BCUT2D eigenvalue weighted by atomic mass is 9.91. The van der Waals surface area contributed by atoms with Gasteiger partial charge >= 0.3 is 0 Å². The van der Waals surface area contributed by atoms with Crippen LogP contribution in [0.1, 0.15) is 44.0 Å². The van der Waals surface area contributed by atoms with Crippen LogP contribution in [0.2, 0.25) is 0 Å². The maximum atomic E-state index is 11.4. The van der Waals surface area contributed by atoms with E-state index >= 15 is 0 Å². The molecule has 0 aliphatic carbocycles. The second-order valence-electron chi connectivity index (χ2n) is 5.38. The molecule has 1 fully saturated rings. The number of carbonyl (C=O) groups excluding carboxylic acids is 1. The van der Waals surface area contributed by atoms with E-state index in [1.807, 2.05) is 18.2 Å². The lowest BCUT2D eigenvalue weighted by Gasteiger charge is -2.39. The highest BCUT2D eigenvalue weighted by atomic mass is 16.1. The van der Waals surface area contributed by atoms with Crippen LogP contribution in [0.25, 0.3) is 0 Å². The van der Waals surface area contributed by atoms with Crippen molar-refractivity contribution in [2.75, 3.05) is 17.2 Å². The van der Waals surface area contributed by atoms with E-state index in [4.69, 9.17) is 5.73 Å². The van der Waals surface area contributed by atoms with Crippen LogP contribution in [0.15, 0.2) is 18.2 Å². The Balaban J connectivity index is 2.28. The third kappa shape index (κ3) is 2.35. The zero-order valence-electron chi connectivity index (χ0n) is 11.4. The van der Waals surface area contributed by atoms with Gasteiger partial charge in [-0.15, -0.1) is 0 Å². The molecule has 0 bridgehead atoms. The molecule has 3 nitrogen and oxygen atoms in total. The van der Waals surface area contributed by atoms with Crippen molar-refractivity contribution in [3.8, 4) is 0 Å². The minimum absolute atomic E-state index is 0.0270. The van der Waals surface area contributed by atoms with E-state index in [0.717, 1.165) is 12.2 Å². The molecule has 0 amide bonds. The minimum atomic E-state index is 0.0270. The summed E-state index contributed by atoms with van der Waals surface area (Å²) in [5, 5.41) is 0. The predicted molar refractivity (Wildman–Crippen MR) is 76.1 cm³/mol. The highest BCUT2D eigenvalue weighted by Crippen LogP contribution is 2.30. The maximum absolute atomic E-state index is 11.4. The zero-order valence-corrected chi connectivity index (χ0v) is 11.4. The van der Waals surface area contributed by atoms with Crippen molar-refractivity contribution in [2.45, 2.75) is 39.7 Å². The number of nitrogens with zero attached hydrogens (tertiary/aromatic N) is 1. The van der Waals surface area contributed by atoms with E-state index in [1.54, 1.807) is 6.92 Å². The third-order valence-corrected chi connectivity index (χ3v) is 4.12. The van der Waals surface area contributed by atoms with E-state index < -0.39 is 0 Å². The molecule has 2 rings (SSSR count). The summed E-state index contributed by atoms with van der Waals surface area (Å²) in [6.07, 6.45) is 2.51. The number of hydrogen-bond donors (Lipinski definition) is 1. The maximum Gasteiger partial charge on any atom is 0.161 e. The summed E-state index contributed by atoms with van der Waals surface area (Å²) in [5.74, 6) is 0.728. The summed E-state index contributed by atoms with van der Waals surface area (Å²) in [5.41, 5.74) is 8.31. The van der Waals surface area contributed by atoms with Crippen molar-refractivity contribution in [2.24, 2.45) is 5.92 Å². The fourth-order valence-electron chi connectivity index (χ4n) is 2.75. The molecule has 1 aliphatic rings. The van der Waals surface area contributed by atoms with E-state index in [1.165, 1.54) is 12.8 Å². The molecular formula is C15H22N2O. The Labute approximate surface area is 109 Å². The third-order valence-electron chi connectivity index (χ3n) is 4.12. The predicted octanol–water partition coefficient (Wildman–Crippen LogP) is 3.10. The fraction of sp³-hybridized carbons (Fsp3) is 0.533. The zero-order chi connectivity index (χ0) is 13.3. The minimum Gasteiger partial charge on any atom is -0.398 e. The number of ketones is 1. The number of rotatable bonds is 2. The molecule has 1 saturated heterocycles. The molecule has 2 N–H and O–H groups in total. The van der Waals surface area contributed by atoms with Crippen LogP contribution in [0.3, 0.4) is 0 Å². The van der Waals surface area contributed by atoms with Gasteiger partial charge in [-0.2, -0.15) is 0 Å². The second-order valence-corrected chi connectivity index (χ2v) is 5.38. The van der Waals surface area contributed by atoms with Gasteiger partial charge in [-0.3, -0.25) is 4.79 Å². The number of carbonyl (C=O) groups is 1. The first-order valence-corrected chi connectivity index (χ1v) is 6.68. The molecule has 1 aromatic rings. The molecule has 98 valence electrons. The molecule has 18 heavy (non-hydrogen) atoms. The molecule has 1 aliphatic heterocycles. The Hall–Kier alpha value is -1.51. The van der Waals surface area contributed by atoms with Crippen LogP contribution in [0, 0.1) is 5.92 Å². The summed E-state index contributed by atoms with van der Waals surface area (Å²) >= 11 is 0. The van der Waals surface area contributed by atoms with Gasteiger partial charge in [-0.05, 0) is 50.8 Å². The first-order valence-electron chi connectivity index (χ1n) is 6.68. The van der Waals surface area contributed by atoms with Crippen molar-refractivity contribution < 1.29 is 4.79 Å². The number of nitrogen functional groups attached to an aromatic ring is 1. The number of benzene rings is 1. The standard InChI is InChI=1S/C15H22N2O/c1-10-5-4-8-17(11(10)2)13-6-7-14(12(3)18)15(16)9-13/h6-7,9-11H,4-5,8,16H2,1-3H3. The van der Waals surface area contributed by atoms with E-state index in [0.29, 0.717) is 23.2 Å². The van der Waals surface area contributed by atoms with Gasteiger partial charge in [0.25, 0.3) is 0 Å². The largest absolute Gasteiger partial charge is 0.398 e. The lowest BCUT2D eigenvalue weighted by molar-refractivity contribution is 0.101. The van der Waals surface area contributed by atoms with E-state index in [9.17, 15) is 4.79 Å². The number of anilines is 2. The number of nitrogens with two attached hydrogens (primary N) is 1. The first kappa shape index (κ1) is 12.9. The highest BCUT2D eigenvalue weighted by Gasteiger charge is 2.25. The normalized spacial score (nSPS) is 24.1. The first-order chi connectivity index (χ1) is 8.50. The topological polar surface area (TPSA) is 46.3 Å². The van der Waals surface area contributed by atoms with Gasteiger partial charge in [0.15, 0.2) is 5.78 Å². The summed E-state index contributed by atoms with van der Waals surface area (Å²) in [6, 6.07) is 6.33. The molecule has 0 aromatic heterocycles. The molecule has 2 atom stereocenters. The van der Waals surface area contributed by atoms with Crippen LogP contribution in [0.4, 0.5) is 11.4 Å². The summed E-state index contributed by atoms with van der Waals surface area (Å²) < 4.78 is 0. The Morgan fingerprint density at radius 2 is 2.11 bits per heavy atom. The number of hydrogen-bond acceptors (Lipinski definition) is 3. The number of Topliss-reactive ketones (excluding diaryl/α,β-unsaturated/α-hetero) is 1. The smallest absolute Gasteiger partial charge is 0.161 e. The van der Waals surface area contributed by atoms with Crippen LogP contribution in [-0.2, 0) is 0 Å². The van der Waals surface area contributed by atoms with Gasteiger partial charge < -0.3 is 10.6 Å². The SMILES string of the molecule is CC(=O)c1ccc(N2CCCC(C)C2C)cc1N. The molecule has 0 saturated carbocycles. The summed E-state index contributed by atoms with van der Waals surface area (Å²) in [6.45, 7) is 7.18. The molecule has 0 radical (unpaired) electrons. The number of piperidine rings is 1. The summed E-state index contributed by atoms with van der Waals surface area (Å²) in [7, 11) is 0. The van der Waals surface area contributed by atoms with Gasteiger partial charge in [0.1, 0.15) is 0 Å². The van der Waals surface area contributed by atoms with Crippen molar-refractivity contribution >= 4 is 17.2 Å². The van der Waals surface area contributed by atoms with Gasteiger partial charge in [-0.1, -0.05) is 6.92 Å². The Bertz CT molecular complexity index is 456. The van der Waals surface area contributed by atoms with Crippen LogP contribution >= 0.6 is 0 Å². The molecule has 2 unspecified atom stereocenters. The van der Waals surface area contributed by atoms with E-state index in [2.05, 4.69) is 18.7 Å². The van der Waals surface area contributed by atoms with Crippen LogP contribution in [0.5, 0.6) is 0 Å². The van der Waals surface area contributed by atoms with Crippen molar-refractivity contribution in [1.82, 2.24) is 0 Å². The monoisotopic (exact) mass is 246 g/mol. The van der Waals surface area contributed by atoms with E-state index in [-0.39, 0.29) is 5.78 Å². The Morgan fingerprint density at radius 1 is 1.39 bits per heavy atom. The van der Waals surface area contributed by atoms with Gasteiger partial charge in [0, 0.05) is 29.5 Å². The fourth-order valence-corrected chi connectivity index (χ4v) is 2.75. The molecule has 1 heterocycles. The van der Waals surface area contributed by atoms with Gasteiger partial charge in [0.05, 0.1) is 0 Å². The molecule has 1 aromatic carbocycles. The lowest BCUT2D eigenvalue weighted by Crippen LogP contribution is -2.42. The van der Waals surface area contributed by atoms with Crippen molar-refractivity contribution in [3.05, 3.63) is 23.8 Å². The second kappa shape index (κ2) is 5.01. The Kier molecular flexibility index (Phi) is 3.60. The average molecular weight is 246 g/mol. The summed E-state index contributed by atoms with van der Waals surface area (Å²) in [4.78, 5) is 13.8. The van der Waals surface area contributed by atoms with Crippen molar-refractivity contribution in [3.63, 3.8) is 0 Å². The van der Waals surface area contributed by atoms with Gasteiger partial charge in [0.2, 0.25) is 0 Å². The van der Waals surface area contributed by atoms with Crippen LogP contribution < -0.4 is 10.6 Å². The molecule has 0 spiro atoms. The quantitative estimate of drug-likeness (QED) is 0.644. The van der Waals surface area contributed by atoms with Crippen molar-refractivity contribution in [1.29, 1.82) is 0 Å². The molecular weight excluding hydrogens is 224 g/mol.